The van der Waals surface area contributed by atoms with Crippen molar-refractivity contribution < 1.29 is 42.5 Å². The molecule has 0 saturated heterocycles. The fourth-order valence-electron chi connectivity index (χ4n) is 1.66. The lowest BCUT2D eigenvalue weighted by molar-refractivity contribution is -0.138. The SMILES string of the molecule is CCOP(=O)(CCOCCOCCOCCOCCC(=O)O)OCC. The van der Waals surface area contributed by atoms with Crippen molar-refractivity contribution >= 4 is 13.6 Å². The Balaban J connectivity index is 3.33. The van der Waals surface area contributed by atoms with Gasteiger partial charge in [-0.2, -0.15) is 0 Å². The lowest BCUT2D eigenvalue weighted by Gasteiger charge is -2.16. The van der Waals surface area contributed by atoms with Crippen LogP contribution in [-0.4, -0.2) is 83.3 Å². The van der Waals surface area contributed by atoms with Gasteiger partial charge in [0.25, 0.3) is 0 Å². The van der Waals surface area contributed by atoms with Gasteiger partial charge in [-0.25, -0.2) is 0 Å². The maximum atomic E-state index is 12.1. The number of carboxylic acid groups (broad SMARTS) is 1. The molecule has 0 atom stereocenters. The molecular weight excluding hydrogens is 355 g/mol. The second kappa shape index (κ2) is 16.9. The predicted molar refractivity (Wildman–Crippen MR) is 91.3 cm³/mol. The van der Waals surface area contributed by atoms with E-state index in [4.69, 9.17) is 33.1 Å². The van der Waals surface area contributed by atoms with Crippen LogP contribution in [0, 0.1) is 0 Å². The normalized spacial score (nSPS) is 11.8. The highest BCUT2D eigenvalue weighted by molar-refractivity contribution is 7.53. The lowest BCUT2D eigenvalue weighted by atomic mass is 10.5. The zero-order chi connectivity index (χ0) is 18.8. The molecule has 0 fully saturated rings. The third kappa shape index (κ3) is 16.7. The highest BCUT2D eigenvalue weighted by Crippen LogP contribution is 2.47. The number of rotatable bonds is 19. The van der Waals surface area contributed by atoms with E-state index < -0.39 is 13.6 Å². The van der Waals surface area contributed by atoms with Crippen LogP contribution in [0.25, 0.3) is 0 Å². The molecule has 0 rings (SSSR count). The Morgan fingerprint density at radius 2 is 1.16 bits per heavy atom. The minimum Gasteiger partial charge on any atom is -0.481 e. The molecule has 0 aliphatic rings. The van der Waals surface area contributed by atoms with Gasteiger partial charge < -0.3 is 33.1 Å². The van der Waals surface area contributed by atoms with E-state index in [0.717, 1.165) is 0 Å². The van der Waals surface area contributed by atoms with Crippen LogP contribution < -0.4 is 0 Å². The standard InChI is InChI=1S/C15H31O9P/c1-3-23-25(18,24-4-2)14-13-22-12-11-21-10-9-20-8-7-19-6-5-15(16)17/h3-14H2,1-2H3,(H,16,17). The Labute approximate surface area is 149 Å². The Bertz CT molecular complexity index is 355. The molecule has 25 heavy (non-hydrogen) atoms. The van der Waals surface area contributed by atoms with Crippen LogP contribution in [-0.2, 0) is 37.4 Å². The Kier molecular flexibility index (Phi) is 16.5. The minimum atomic E-state index is -3.04. The van der Waals surface area contributed by atoms with Gasteiger partial charge in [0.15, 0.2) is 0 Å². The monoisotopic (exact) mass is 386 g/mol. The van der Waals surface area contributed by atoms with Crippen LogP contribution in [0.4, 0.5) is 0 Å². The molecule has 0 aliphatic carbocycles. The van der Waals surface area contributed by atoms with Gasteiger partial charge >= 0.3 is 13.6 Å². The summed E-state index contributed by atoms with van der Waals surface area (Å²) in [6.07, 6.45) is 0.216. The van der Waals surface area contributed by atoms with Gasteiger partial charge in [0.2, 0.25) is 0 Å². The number of hydrogen-bond acceptors (Lipinski definition) is 8. The van der Waals surface area contributed by atoms with E-state index in [-0.39, 0.29) is 25.8 Å². The maximum absolute atomic E-state index is 12.1. The highest BCUT2D eigenvalue weighted by Gasteiger charge is 2.22. The second-order valence-corrected chi connectivity index (χ2v) is 6.95. The Morgan fingerprint density at radius 1 is 0.760 bits per heavy atom. The third-order valence-corrected chi connectivity index (χ3v) is 4.77. The van der Waals surface area contributed by atoms with E-state index in [0.29, 0.717) is 52.9 Å². The van der Waals surface area contributed by atoms with Crippen LogP contribution in [0.3, 0.4) is 0 Å². The minimum absolute atomic E-state index is 0.00625. The summed E-state index contributed by atoms with van der Waals surface area (Å²) in [5.41, 5.74) is 0. The zero-order valence-electron chi connectivity index (χ0n) is 15.1. The molecule has 10 heteroatoms. The van der Waals surface area contributed by atoms with Crippen LogP contribution >= 0.6 is 7.60 Å². The molecule has 9 nitrogen and oxygen atoms in total. The molecule has 0 aromatic carbocycles. The fourth-order valence-corrected chi connectivity index (χ4v) is 3.13. The van der Waals surface area contributed by atoms with Crippen LogP contribution in [0.1, 0.15) is 20.3 Å². The van der Waals surface area contributed by atoms with Crippen molar-refractivity contribution in [1.29, 1.82) is 0 Å². The molecule has 0 bridgehead atoms. The molecule has 1 N–H and O–H groups in total. The molecule has 0 amide bonds. The van der Waals surface area contributed by atoms with Crippen molar-refractivity contribution in [3.8, 4) is 0 Å². The molecule has 0 aliphatic heterocycles. The molecule has 0 spiro atoms. The van der Waals surface area contributed by atoms with Crippen molar-refractivity contribution in [2.75, 3.05) is 72.2 Å². The number of aliphatic carboxylic acids is 1. The van der Waals surface area contributed by atoms with E-state index >= 15 is 0 Å². The van der Waals surface area contributed by atoms with Crippen molar-refractivity contribution in [2.24, 2.45) is 0 Å². The van der Waals surface area contributed by atoms with Crippen LogP contribution in [0.5, 0.6) is 0 Å². The molecular formula is C15H31O9P. The summed E-state index contributed by atoms with van der Waals surface area (Å²) in [6.45, 7) is 7.07. The van der Waals surface area contributed by atoms with Gasteiger partial charge in [-0.05, 0) is 13.8 Å². The van der Waals surface area contributed by atoms with E-state index in [9.17, 15) is 9.36 Å². The molecule has 0 unspecified atom stereocenters. The van der Waals surface area contributed by atoms with E-state index in [1.165, 1.54) is 0 Å². The Hall–Kier alpha value is -0.540. The molecule has 0 heterocycles. The van der Waals surface area contributed by atoms with Gasteiger partial charge in [0.1, 0.15) is 0 Å². The average Bonchev–Trinajstić information content (AvgIpc) is 2.55. The van der Waals surface area contributed by atoms with Crippen molar-refractivity contribution in [3.05, 3.63) is 0 Å². The molecule has 150 valence electrons. The first kappa shape index (κ1) is 24.5. The average molecular weight is 386 g/mol. The van der Waals surface area contributed by atoms with Crippen LogP contribution in [0.15, 0.2) is 0 Å². The summed E-state index contributed by atoms with van der Waals surface area (Å²) in [5, 5.41) is 8.41. The van der Waals surface area contributed by atoms with E-state index in [1.54, 1.807) is 13.8 Å². The van der Waals surface area contributed by atoms with Gasteiger partial charge in [0.05, 0.1) is 78.7 Å². The van der Waals surface area contributed by atoms with Gasteiger partial charge in [-0.1, -0.05) is 0 Å². The predicted octanol–water partition coefficient (Wildman–Crippen LogP) is 1.79. The van der Waals surface area contributed by atoms with Gasteiger partial charge in [-0.15, -0.1) is 0 Å². The summed E-state index contributed by atoms with van der Waals surface area (Å²) in [7, 11) is -3.04. The highest BCUT2D eigenvalue weighted by atomic mass is 31.2. The topological polar surface area (TPSA) is 110 Å². The van der Waals surface area contributed by atoms with Gasteiger partial charge in [0, 0.05) is 0 Å². The van der Waals surface area contributed by atoms with Crippen molar-refractivity contribution in [1.82, 2.24) is 0 Å². The van der Waals surface area contributed by atoms with E-state index in [1.807, 2.05) is 0 Å². The first-order chi connectivity index (χ1) is 12.0. The van der Waals surface area contributed by atoms with Crippen molar-refractivity contribution in [2.45, 2.75) is 20.3 Å². The molecule has 0 aromatic rings. The number of carbonyl (C=O) groups is 1. The first-order valence-corrected chi connectivity index (χ1v) is 10.2. The summed E-state index contributed by atoms with van der Waals surface area (Å²) in [5.74, 6) is -0.880. The number of ether oxygens (including phenoxy) is 4. The lowest BCUT2D eigenvalue weighted by Crippen LogP contribution is -2.13. The fraction of sp³-hybridized carbons (Fsp3) is 0.933. The molecule has 0 saturated carbocycles. The quantitative estimate of drug-likeness (QED) is 0.262. The summed E-state index contributed by atoms with van der Waals surface area (Å²) in [6, 6.07) is 0. The largest absolute Gasteiger partial charge is 0.481 e. The smallest absolute Gasteiger partial charge is 0.332 e. The summed E-state index contributed by atoms with van der Waals surface area (Å²) < 4.78 is 43.4. The van der Waals surface area contributed by atoms with Crippen molar-refractivity contribution in [3.63, 3.8) is 0 Å². The zero-order valence-corrected chi connectivity index (χ0v) is 16.0. The molecule has 0 radical (unpaired) electrons. The van der Waals surface area contributed by atoms with E-state index in [2.05, 4.69) is 0 Å². The summed E-state index contributed by atoms with van der Waals surface area (Å²) >= 11 is 0. The number of hydrogen-bond donors (Lipinski definition) is 1. The van der Waals surface area contributed by atoms with Gasteiger partial charge in [-0.3, -0.25) is 9.36 Å². The molecule has 0 aromatic heterocycles. The third-order valence-electron chi connectivity index (χ3n) is 2.74. The summed E-state index contributed by atoms with van der Waals surface area (Å²) in [4.78, 5) is 10.2. The first-order valence-electron chi connectivity index (χ1n) is 8.45. The Morgan fingerprint density at radius 3 is 1.56 bits per heavy atom. The second-order valence-electron chi connectivity index (χ2n) is 4.76. The maximum Gasteiger partial charge on any atom is 0.332 e. The number of carboxylic acids is 1. The van der Waals surface area contributed by atoms with Crippen LogP contribution in [0.2, 0.25) is 0 Å².